The smallest absolute Gasteiger partial charge is 0.141 e. The molecule has 0 radical (unpaired) electrons. The van der Waals surface area contributed by atoms with Gasteiger partial charge in [0.1, 0.15) is 5.75 Å². The number of ether oxygens (including phenoxy) is 1. The molecule has 2 fully saturated rings. The Kier molecular flexibility index (Phi) is 3.09. The van der Waals surface area contributed by atoms with E-state index in [1.54, 1.807) is 6.20 Å². The van der Waals surface area contributed by atoms with Gasteiger partial charge in [0.25, 0.3) is 0 Å². The van der Waals surface area contributed by atoms with Crippen molar-refractivity contribution in [3.05, 3.63) is 30.2 Å². The fourth-order valence-corrected chi connectivity index (χ4v) is 3.80. The van der Waals surface area contributed by atoms with Gasteiger partial charge in [-0.15, -0.1) is 0 Å². The van der Waals surface area contributed by atoms with Crippen LogP contribution in [0.25, 0.3) is 10.9 Å². The van der Waals surface area contributed by atoms with Crippen molar-refractivity contribution in [3.8, 4) is 5.75 Å². The van der Waals surface area contributed by atoms with E-state index in [2.05, 4.69) is 16.0 Å². The first-order valence-electron chi connectivity index (χ1n) is 8.08. The van der Waals surface area contributed by atoms with Crippen LogP contribution >= 0.6 is 0 Å². The van der Waals surface area contributed by atoms with Crippen LogP contribution in [0.2, 0.25) is 0 Å². The van der Waals surface area contributed by atoms with Gasteiger partial charge < -0.3 is 4.74 Å². The molecule has 0 aliphatic heterocycles. The maximum Gasteiger partial charge on any atom is 0.141 e. The van der Waals surface area contributed by atoms with E-state index < -0.39 is 0 Å². The van der Waals surface area contributed by atoms with Crippen molar-refractivity contribution in [1.82, 2.24) is 9.97 Å². The minimum absolute atomic E-state index is 0.715. The standard InChI is InChI=1S/C18H22N2O/c1-13-17(9-15-11-19-8-4-16(15)20-13)21-12-14-3-2-5-18(10-14)6-7-18/h4,8-9,11,14H,2-3,5-7,10,12H2,1H3. The van der Waals surface area contributed by atoms with Gasteiger partial charge in [0.15, 0.2) is 0 Å². The predicted molar refractivity (Wildman–Crippen MR) is 83.4 cm³/mol. The first-order chi connectivity index (χ1) is 10.2. The Morgan fingerprint density at radius 1 is 1.33 bits per heavy atom. The van der Waals surface area contributed by atoms with Crippen molar-refractivity contribution in [2.24, 2.45) is 11.3 Å². The number of nitrogens with zero attached hydrogens (tertiary/aromatic N) is 2. The highest BCUT2D eigenvalue weighted by atomic mass is 16.5. The van der Waals surface area contributed by atoms with E-state index in [0.717, 1.165) is 34.9 Å². The zero-order valence-corrected chi connectivity index (χ0v) is 12.6. The molecule has 2 heterocycles. The first-order valence-corrected chi connectivity index (χ1v) is 8.08. The van der Waals surface area contributed by atoms with Crippen LogP contribution in [0.3, 0.4) is 0 Å². The third-order valence-electron chi connectivity index (χ3n) is 5.23. The zero-order chi connectivity index (χ0) is 14.3. The van der Waals surface area contributed by atoms with Crippen LogP contribution < -0.4 is 4.74 Å². The first kappa shape index (κ1) is 13.1. The molecule has 4 rings (SSSR count). The minimum atomic E-state index is 0.715. The summed E-state index contributed by atoms with van der Waals surface area (Å²) in [5.74, 6) is 1.65. The molecule has 2 aliphatic carbocycles. The second kappa shape index (κ2) is 4.97. The van der Waals surface area contributed by atoms with Gasteiger partial charge in [-0.1, -0.05) is 6.42 Å². The highest BCUT2D eigenvalue weighted by Gasteiger charge is 2.45. The fourth-order valence-electron chi connectivity index (χ4n) is 3.80. The van der Waals surface area contributed by atoms with Gasteiger partial charge in [0.05, 0.1) is 17.8 Å². The summed E-state index contributed by atoms with van der Waals surface area (Å²) < 4.78 is 6.12. The van der Waals surface area contributed by atoms with Gasteiger partial charge >= 0.3 is 0 Å². The van der Waals surface area contributed by atoms with Crippen LogP contribution in [0.5, 0.6) is 5.75 Å². The summed E-state index contributed by atoms with van der Waals surface area (Å²) in [5, 5.41) is 1.06. The molecular formula is C18H22N2O. The maximum atomic E-state index is 6.12. The highest BCUT2D eigenvalue weighted by molar-refractivity contribution is 5.79. The van der Waals surface area contributed by atoms with Crippen molar-refractivity contribution >= 4 is 10.9 Å². The van der Waals surface area contributed by atoms with E-state index in [1.165, 1.54) is 38.5 Å². The molecule has 1 spiro atoms. The molecule has 3 nitrogen and oxygen atoms in total. The molecule has 3 heteroatoms. The molecule has 2 aliphatic rings. The summed E-state index contributed by atoms with van der Waals surface area (Å²) in [6, 6.07) is 4.03. The maximum absolute atomic E-state index is 6.12. The Morgan fingerprint density at radius 2 is 2.24 bits per heavy atom. The average Bonchev–Trinajstić information content (AvgIpc) is 3.24. The monoisotopic (exact) mass is 282 g/mol. The van der Waals surface area contributed by atoms with Crippen LogP contribution in [0.15, 0.2) is 24.5 Å². The molecule has 0 bridgehead atoms. The number of hydrogen-bond acceptors (Lipinski definition) is 3. The second-order valence-electron chi connectivity index (χ2n) is 6.91. The number of hydrogen-bond donors (Lipinski definition) is 0. The quantitative estimate of drug-likeness (QED) is 0.842. The third kappa shape index (κ3) is 2.61. The lowest BCUT2D eigenvalue weighted by molar-refractivity contribution is 0.165. The molecular weight excluding hydrogens is 260 g/mol. The Hall–Kier alpha value is -1.64. The van der Waals surface area contributed by atoms with Gasteiger partial charge in [-0.25, -0.2) is 4.98 Å². The van der Waals surface area contributed by atoms with Crippen LogP contribution in [-0.4, -0.2) is 16.6 Å². The Balaban J connectivity index is 1.48. The molecule has 0 aromatic carbocycles. The molecule has 2 aromatic rings. The molecule has 1 atom stereocenters. The number of pyridine rings is 2. The van der Waals surface area contributed by atoms with E-state index in [4.69, 9.17) is 4.74 Å². The fraction of sp³-hybridized carbons (Fsp3) is 0.556. The van der Waals surface area contributed by atoms with Crippen molar-refractivity contribution in [3.63, 3.8) is 0 Å². The topological polar surface area (TPSA) is 35.0 Å². The molecule has 2 saturated carbocycles. The molecule has 1 unspecified atom stereocenters. The molecule has 2 aromatic heterocycles. The zero-order valence-electron chi connectivity index (χ0n) is 12.6. The van der Waals surface area contributed by atoms with Gasteiger partial charge in [0.2, 0.25) is 0 Å². The SMILES string of the molecule is Cc1nc2ccncc2cc1OCC1CCCC2(CC2)C1. The van der Waals surface area contributed by atoms with Crippen LogP contribution in [-0.2, 0) is 0 Å². The van der Waals surface area contributed by atoms with Crippen molar-refractivity contribution in [2.75, 3.05) is 6.61 Å². The highest BCUT2D eigenvalue weighted by Crippen LogP contribution is 2.57. The summed E-state index contributed by atoms with van der Waals surface area (Å²) in [4.78, 5) is 8.78. The van der Waals surface area contributed by atoms with E-state index in [9.17, 15) is 0 Å². The largest absolute Gasteiger partial charge is 0.491 e. The van der Waals surface area contributed by atoms with E-state index in [-0.39, 0.29) is 0 Å². The lowest BCUT2D eigenvalue weighted by Gasteiger charge is -2.29. The minimum Gasteiger partial charge on any atom is -0.491 e. The number of fused-ring (bicyclic) bond motifs is 1. The Morgan fingerprint density at radius 3 is 3.10 bits per heavy atom. The molecule has 21 heavy (non-hydrogen) atoms. The second-order valence-corrected chi connectivity index (χ2v) is 6.91. The molecule has 0 N–H and O–H groups in total. The normalized spacial score (nSPS) is 23.4. The summed E-state index contributed by atoms with van der Waals surface area (Å²) >= 11 is 0. The lowest BCUT2D eigenvalue weighted by atomic mass is 9.79. The average molecular weight is 282 g/mol. The van der Waals surface area contributed by atoms with Crippen molar-refractivity contribution in [2.45, 2.75) is 45.4 Å². The van der Waals surface area contributed by atoms with Gasteiger partial charge in [0, 0.05) is 17.8 Å². The third-order valence-corrected chi connectivity index (χ3v) is 5.23. The van der Waals surface area contributed by atoms with Crippen molar-refractivity contribution < 1.29 is 4.74 Å². The van der Waals surface area contributed by atoms with E-state index in [0.29, 0.717) is 5.41 Å². The Labute approximate surface area is 125 Å². The molecule has 0 saturated heterocycles. The van der Waals surface area contributed by atoms with Crippen LogP contribution in [0.4, 0.5) is 0 Å². The van der Waals surface area contributed by atoms with Crippen molar-refractivity contribution in [1.29, 1.82) is 0 Å². The summed E-state index contributed by atoms with van der Waals surface area (Å²) in [6.45, 7) is 2.87. The van der Waals surface area contributed by atoms with E-state index in [1.807, 2.05) is 19.2 Å². The predicted octanol–water partition coefficient (Wildman–Crippen LogP) is 4.29. The summed E-state index contributed by atoms with van der Waals surface area (Å²) in [6.07, 6.45) is 12.1. The summed E-state index contributed by atoms with van der Waals surface area (Å²) in [7, 11) is 0. The Bertz CT molecular complexity index is 663. The van der Waals surface area contributed by atoms with Crippen LogP contribution in [0.1, 0.15) is 44.2 Å². The number of aromatic nitrogens is 2. The molecule has 110 valence electrons. The van der Waals surface area contributed by atoms with Crippen LogP contribution in [0, 0.1) is 18.3 Å². The van der Waals surface area contributed by atoms with E-state index >= 15 is 0 Å². The molecule has 0 amide bonds. The summed E-state index contributed by atoms with van der Waals surface area (Å²) in [5.41, 5.74) is 2.68. The van der Waals surface area contributed by atoms with Gasteiger partial charge in [-0.05, 0) is 62.5 Å². The van der Waals surface area contributed by atoms with Gasteiger partial charge in [-0.2, -0.15) is 0 Å². The number of aryl methyl sites for hydroxylation is 1. The van der Waals surface area contributed by atoms with Gasteiger partial charge in [-0.3, -0.25) is 4.98 Å². The lowest BCUT2D eigenvalue weighted by Crippen LogP contribution is -2.22. The number of rotatable bonds is 3.